The first-order valence-electron chi connectivity index (χ1n) is 10.9. The van der Waals surface area contributed by atoms with Crippen molar-refractivity contribution >= 4 is 29.7 Å². The highest BCUT2D eigenvalue weighted by molar-refractivity contribution is 8.04. The Hall–Kier alpha value is -1.83. The van der Waals surface area contributed by atoms with Gasteiger partial charge in [0.2, 0.25) is 5.91 Å². The second-order valence-electron chi connectivity index (χ2n) is 8.60. The fourth-order valence-electron chi connectivity index (χ4n) is 5.03. The molecule has 3 unspecified atom stereocenters. The van der Waals surface area contributed by atoms with Crippen molar-refractivity contribution in [2.75, 3.05) is 26.3 Å². The fraction of sp³-hybridized carbons (Fsp3) is 0.565. The van der Waals surface area contributed by atoms with Gasteiger partial charge in [0.25, 0.3) is 5.91 Å². The molecule has 4 fully saturated rings. The normalized spacial score (nSPS) is 32.1. The third-order valence-electron chi connectivity index (χ3n) is 6.70. The predicted molar refractivity (Wildman–Crippen MR) is 116 cm³/mol. The third-order valence-corrected chi connectivity index (χ3v) is 8.13. The second-order valence-corrected chi connectivity index (χ2v) is 9.88. The quantitative estimate of drug-likeness (QED) is 0.734. The van der Waals surface area contributed by atoms with Gasteiger partial charge in [-0.3, -0.25) is 9.59 Å². The van der Waals surface area contributed by atoms with E-state index in [0.29, 0.717) is 31.6 Å². The molecule has 3 heterocycles. The summed E-state index contributed by atoms with van der Waals surface area (Å²) in [6.45, 7) is 2.68. The minimum atomic E-state index is -0.454. The molecule has 1 aromatic carbocycles. The first kappa shape index (κ1) is 20.1. The van der Waals surface area contributed by atoms with E-state index in [1.165, 1.54) is 0 Å². The number of ether oxygens (including phenoxy) is 2. The largest absolute Gasteiger partial charge is 0.348 e. The van der Waals surface area contributed by atoms with Gasteiger partial charge in [0.1, 0.15) is 0 Å². The molecule has 160 valence electrons. The molecule has 0 radical (unpaired) electrons. The van der Waals surface area contributed by atoms with Crippen molar-refractivity contribution in [2.45, 2.75) is 49.2 Å². The zero-order valence-corrected chi connectivity index (χ0v) is 17.9. The maximum absolute atomic E-state index is 13.1. The summed E-state index contributed by atoms with van der Waals surface area (Å²) in [5, 5.41) is 3.52. The van der Waals surface area contributed by atoms with Gasteiger partial charge in [-0.25, -0.2) is 0 Å². The molecule has 1 saturated carbocycles. The lowest BCUT2D eigenvalue weighted by atomic mass is 9.83. The number of thioether (sulfide) groups is 1. The molecule has 3 aliphatic heterocycles. The molecule has 3 saturated heterocycles. The van der Waals surface area contributed by atoms with E-state index in [2.05, 4.69) is 5.32 Å². The number of carbonyl (C=O) groups is 2. The molecule has 5 rings (SSSR count). The van der Waals surface area contributed by atoms with Crippen LogP contribution in [0.4, 0.5) is 0 Å². The summed E-state index contributed by atoms with van der Waals surface area (Å²) in [5.74, 6) is -0.254. The average Bonchev–Trinajstić information content (AvgIpc) is 3.22. The van der Waals surface area contributed by atoms with Crippen molar-refractivity contribution in [3.8, 4) is 0 Å². The fourth-order valence-corrected chi connectivity index (χ4v) is 6.32. The Morgan fingerprint density at radius 1 is 1.13 bits per heavy atom. The number of rotatable bonds is 2. The molecular formula is C23H28N2O4S. The predicted octanol–water partition coefficient (Wildman–Crippen LogP) is 2.79. The number of amides is 2. The molecule has 6 nitrogen and oxygen atoms in total. The summed E-state index contributed by atoms with van der Waals surface area (Å²) in [7, 11) is 0. The second kappa shape index (κ2) is 8.36. The number of carbonyl (C=O) groups excluding carboxylic acids is 2. The number of likely N-dealkylation sites (tertiary alicyclic amines) is 1. The van der Waals surface area contributed by atoms with Gasteiger partial charge in [0, 0.05) is 43.1 Å². The molecule has 4 aliphatic rings. The van der Waals surface area contributed by atoms with Crippen molar-refractivity contribution < 1.29 is 19.1 Å². The van der Waals surface area contributed by atoms with Gasteiger partial charge in [0.05, 0.1) is 18.1 Å². The summed E-state index contributed by atoms with van der Waals surface area (Å²) in [4.78, 5) is 28.5. The number of nitrogens with zero attached hydrogens (tertiary/aromatic N) is 1. The molecule has 0 bridgehead atoms. The number of nitrogens with one attached hydrogen (secondary N) is 1. The number of fused-ring (bicyclic) bond motifs is 1. The van der Waals surface area contributed by atoms with E-state index in [1.807, 2.05) is 41.3 Å². The van der Waals surface area contributed by atoms with Gasteiger partial charge in [-0.15, -0.1) is 11.8 Å². The molecular weight excluding hydrogens is 400 g/mol. The highest BCUT2D eigenvalue weighted by Crippen LogP contribution is 2.41. The Kier molecular flexibility index (Phi) is 5.60. The zero-order chi connectivity index (χ0) is 20.6. The number of hydrogen-bond donors (Lipinski definition) is 1. The van der Waals surface area contributed by atoms with Crippen molar-refractivity contribution in [1.82, 2.24) is 10.2 Å². The van der Waals surface area contributed by atoms with E-state index in [9.17, 15) is 9.59 Å². The van der Waals surface area contributed by atoms with Crippen LogP contribution >= 0.6 is 11.8 Å². The van der Waals surface area contributed by atoms with E-state index in [0.717, 1.165) is 42.6 Å². The number of piperidine rings is 1. The van der Waals surface area contributed by atoms with Crippen LogP contribution in [-0.2, 0) is 19.1 Å². The minimum Gasteiger partial charge on any atom is -0.348 e. The smallest absolute Gasteiger partial charge is 0.257 e. The summed E-state index contributed by atoms with van der Waals surface area (Å²) < 4.78 is 11.5. The lowest BCUT2D eigenvalue weighted by molar-refractivity contribution is -0.188. The van der Waals surface area contributed by atoms with Gasteiger partial charge in [0.15, 0.2) is 5.79 Å². The Morgan fingerprint density at radius 2 is 1.87 bits per heavy atom. The summed E-state index contributed by atoms with van der Waals surface area (Å²) in [5.41, 5.74) is 1.04. The minimum absolute atomic E-state index is 0.00809. The van der Waals surface area contributed by atoms with Crippen LogP contribution < -0.4 is 5.32 Å². The van der Waals surface area contributed by atoms with Crippen LogP contribution in [0.15, 0.2) is 35.2 Å². The Labute approximate surface area is 181 Å². The molecule has 1 aliphatic carbocycles. The van der Waals surface area contributed by atoms with Crippen molar-refractivity contribution in [3.63, 3.8) is 0 Å². The van der Waals surface area contributed by atoms with Gasteiger partial charge in [-0.2, -0.15) is 0 Å². The summed E-state index contributed by atoms with van der Waals surface area (Å²) in [6, 6.07) is 10.0. The Morgan fingerprint density at radius 3 is 2.60 bits per heavy atom. The number of benzene rings is 1. The van der Waals surface area contributed by atoms with E-state index in [1.54, 1.807) is 11.8 Å². The maximum Gasteiger partial charge on any atom is 0.257 e. The van der Waals surface area contributed by atoms with Crippen LogP contribution in [0, 0.1) is 5.92 Å². The Balaban J connectivity index is 1.19. The van der Waals surface area contributed by atoms with Gasteiger partial charge >= 0.3 is 0 Å². The van der Waals surface area contributed by atoms with E-state index in [4.69, 9.17) is 9.47 Å². The first-order valence-corrected chi connectivity index (χ1v) is 11.8. The molecule has 1 spiro atoms. The lowest BCUT2D eigenvalue weighted by Crippen LogP contribution is -2.53. The molecule has 30 heavy (non-hydrogen) atoms. The average molecular weight is 429 g/mol. The topological polar surface area (TPSA) is 67.9 Å². The third kappa shape index (κ3) is 4.03. The number of hydrogen-bond acceptors (Lipinski definition) is 5. The molecule has 1 aromatic rings. The standard InChI is InChI=1S/C23H28N2O4S/c26-21-20(14-16-4-2-1-3-5-16)30-19-7-6-17(15-18(19)24-21)22(27)25-10-8-23(9-11-25)28-12-13-29-23/h1-5,14,17-19H,6-13,15H2,(H,24,26)/b20-14-. The zero-order valence-electron chi connectivity index (χ0n) is 17.0. The summed E-state index contributed by atoms with van der Waals surface area (Å²) >= 11 is 1.67. The monoisotopic (exact) mass is 428 g/mol. The van der Waals surface area contributed by atoms with E-state index in [-0.39, 0.29) is 23.8 Å². The SMILES string of the molecule is O=C1NC2CC(C(=O)N3CCC4(CC3)OCCO4)CCC2S/C1=C\c1ccccc1. The molecule has 2 amide bonds. The molecule has 1 N–H and O–H groups in total. The highest BCUT2D eigenvalue weighted by atomic mass is 32.2. The van der Waals surface area contributed by atoms with Crippen molar-refractivity contribution in [1.29, 1.82) is 0 Å². The van der Waals surface area contributed by atoms with Crippen LogP contribution in [0.2, 0.25) is 0 Å². The highest BCUT2D eigenvalue weighted by Gasteiger charge is 2.44. The van der Waals surface area contributed by atoms with Crippen molar-refractivity contribution in [2.24, 2.45) is 5.92 Å². The van der Waals surface area contributed by atoms with Crippen LogP contribution in [-0.4, -0.2) is 60.1 Å². The van der Waals surface area contributed by atoms with Crippen LogP contribution in [0.5, 0.6) is 0 Å². The van der Waals surface area contributed by atoms with Gasteiger partial charge < -0.3 is 19.7 Å². The van der Waals surface area contributed by atoms with Crippen LogP contribution in [0.1, 0.15) is 37.7 Å². The lowest BCUT2D eigenvalue weighted by Gasteiger charge is -2.42. The maximum atomic E-state index is 13.1. The van der Waals surface area contributed by atoms with Crippen LogP contribution in [0.25, 0.3) is 6.08 Å². The summed E-state index contributed by atoms with van der Waals surface area (Å²) in [6.07, 6.45) is 6.02. The first-order chi connectivity index (χ1) is 14.6. The molecule has 0 aromatic heterocycles. The van der Waals surface area contributed by atoms with E-state index >= 15 is 0 Å². The van der Waals surface area contributed by atoms with E-state index < -0.39 is 5.79 Å². The van der Waals surface area contributed by atoms with Crippen molar-refractivity contribution in [3.05, 3.63) is 40.8 Å². The van der Waals surface area contributed by atoms with Crippen LogP contribution in [0.3, 0.4) is 0 Å². The molecule has 7 heteroatoms. The van der Waals surface area contributed by atoms with Gasteiger partial charge in [-0.1, -0.05) is 30.3 Å². The Bertz CT molecular complexity index is 827. The molecule has 3 atom stereocenters. The van der Waals surface area contributed by atoms with Gasteiger partial charge in [-0.05, 0) is 30.9 Å².